The van der Waals surface area contributed by atoms with Crippen molar-refractivity contribution in [1.82, 2.24) is 0 Å². The fraction of sp³-hybridized carbons (Fsp3) is 0.111. The summed E-state index contributed by atoms with van der Waals surface area (Å²) >= 11 is 0. The van der Waals surface area contributed by atoms with Gasteiger partial charge < -0.3 is 21.4 Å². The van der Waals surface area contributed by atoms with Gasteiger partial charge in [-0.05, 0) is 6.07 Å². The van der Waals surface area contributed by atoms with Gasteiger partial charge >= 0.3 is 5.97 Å². The van der Waals surface area contributed by atoms with E-state index in [0.717, 1.165) is 0 Å². The monoisotopic (exact) mass is 283 g/mol. The van der Waals surface area contributed by atoms with Crippen LogP contribution in [0.15, 0.2) is 24.3 Å². The fourth-order valence-corrected chi connectivity index (χ4v) is 0.868. The summed E-state index contributed by atoms with van der Waals surface area (Å²) in [7, 11) is 1.25. The van der Waals surface area contributed by atoms with E-state index in [1.807, 2.05) is 0 Å². The van der Waals surface area contributed by atoms with Crippen molar-refractivity contribution < 1.29 is 47.4 Å². The van der Waals surface area contributed by atoms with E-state index in [9.17, 15) is 9.59 Å². The fourth-order valence-electron chi connectivity index (χ4n) is 0.868. The molecule has 0 heterocycles. The molecule has 0 aliphatic rings. The van der Waals surface area contributed by atoms with Gasteiger partial charge in [0.2, 0.25) is 0 Å². The zero-order chi connectivity index (χ0) is 11.1. The van der Waals surface area contributed by atoms with Gasteiger partial charge in [-0.3, -0.25) is 0 Å². The van der Waals surface area contributed by atoms with Gasteiger partial charge in [-0.15, -0.1) is 0 Å². The molecule has 0 atom stereocenters. The number of benzene rings is 1. The summed E-state index contributed by atoms with van der Waals surface area (Å²) in [4.78, 5) is 21.1. The van der Waals surface area contributed by atoms with Crippen LogP contribution in [0.5, 0.6) is 0 Å². The molecule has 1 aromatic rings. The molecule has 0 saturated carbocycles. The molecule has 0 aliphatic heterocycles. The Morgan fingerprint density at radius 3 is 1.80 bits per heavy atom. The molecule has 0 aliphatic carbocycles. The average Bonchev–Trinajstić information content (AvgIpc) is 2.20. The Morgan fingerprint density at radius 1 is 1.13 bits per heavy atom. The van der Waals surface area contributed by atoms with Crippen LogP contribution in [0.4, 0.5) is 0 Å². The maximum absolute atomic E-state index is 10.6. The second-order valence-corrected chi connectivity index (χ2v) is 2.18. The first-order valence-corrected chi connectivity index (χ1v) is 3.71. The minimum atomic E-state index is -1.19. The van der Waals surface area contributed by atoms with Crippen molar-refractivity contribution >= 4 is 11.9 Å². The maximum atomic E-state index is 10.6. The van der Waals surface area contributed by atoms with E-state index in [4.69, 9.17) is 16.6 Å². The number of hydrogen-bond donors (Lipinski definition) is 1. The predicted octanol–water partition coefficient (Wildman–Crippen LogP) is 2.24. The van der Waals surface area contributed by atoms with Crippen molar-refractivity contribution in [1.29, 1.82) is 0 Å². The summed E-state index contributed by atoms with van der Waals surface area (Å²) in [6, 6.07) is 5.65. The van der Waals surface area contributed by atoms with Crippen molar-refractivity contribution in [2.24, 2.45) is 0 Å². The zero-order valence-corrected chi connectivity index (χ0v) is 11.0. The quantitative estimate of drug-likeness (QED) is 0.900. The van der Waals surface area contributed by atoms with E-state index in [-0.39, 0.29) is 43.8 Å². The molecular weight excluding hydrogens is 273 g/mol. The molecule has 15 heavy (non-hydrogen) atoms. The summed E-state index contributed by atoms with van der Waals surface area (Å²) < 4.78 is 0. The van der Waals surface area contributed by atoms with Gasteiger partial charge in [-0.25, -0.2) is 4.79 Å². The van der Waals surface area contributed by atoms with Crippen LogP contribution in [-0.2, 0) is 32.7 Å². The Kier molecular flexibility index (Phi) is 9.46. The van der Waals surface area contributed by atoms with E-state index >= 15 is 0 Å². The van der Waals surface area contributed by atoms with Gasteiger partial charge in [0.1, 0.15) is 0 Å². The van der Waals surface area contributed by atoms with Gasteiger partial charge in [-0.1, -0.05) is 18.2 Å². The third kappa shape index (κ3) is 5.02. The number of hydrogen-bond acceptors (Lipinski definition) is 2. The first-order valence-electron chi connectivity index (χ1n) is 3.71. The minimum Gasteiger partial charge on any atom is -0.680 e. The Labute approximate surface area is 113 Å². The van der Waals surface area contributed by atoms with Crippen molar-refractivity contribution in [2.75, 3.05) is 7.05 Å². The van der Waals surface area contributed by atoms with Crippen LogP contribution in [0, 0.1) is 0 Å². The molecule has 0 aromatic heterocycles. The molecule has 3 N–H and O–H groups in total. The predicted molar refractivity (Wildman–Crippen MR) is 52.3 cm³/mol. The third-order valence-electron chi connectivity index (χ3n) is 1.40. The topological polar surface area (TPSA) is 102 Å². The second kappa shape index (κ2) is 8.53. The average molecular weight is 283 g/mol. The number of carboxylic acids is 1. The molecule has 1 aromatic carbocycles. The van der Waals surface area contributed by atoms with E-state index in [0.29, 0.717) is 0 Å². The normalized spacial score (nSPS) is 7.87. The van der Waals surface area contributed by atoms with Crippen LogP contribution in [0.1, 0.15) is 20.7 Å². The largest absolute Gasteiger partial charge is 0.680 e. The molecule has 1 rings (SSSR count). The van der Waals surface area contributed by atoms with Gasteiger partial charge in [0, 0.05) is 38.3 Å². The van der Waals surface area contributed by atoms with Crippen LogP contribution in [0.3, 0.4) is 0 Å². The van der Waals surface area contributed by atoms with Crippen LogP contribution in [0.25, 0.3) is 11.5 Å². The number of aromatic carboxylic acids is 1. The number of carboxylic acid groups (broad SMARTS) is 1. The van der Waals surface area contributed by atoms with Gasteiger partial charge in [-0.2, -0.15) is 7.05 Å². The van der Waals surface area contributed by atoms with E-state index in [2.05, 4.69) is 0 Å². The summed E-state index contributed by atoms with van der Waals surface area (Å²) in [6.07, 6.45) is 0. The van der Waals surface area contributed by atoms with Crippen molar-refractivity contribution in [3.63, 3.8) is 0 Å². The molecular formula is C9H10N2O3Y-2. The van der Waals surface area contributed by atoms with Gasteiger partial charge in [0.05, 0.1) is 11.5 Å². The molecule has 0 fully saturated rings. The molecule has 0 spiro atoms. The van der Waals surface area contributed by atoms with Crippen LogP contribution >= 0.6 is 0 Å². The Bertz CT molecular complexity index is 309. The minimum absolute atomic E-state index is 0. The Hall–Kier alpha value is -0.776. The zero-order valence-electron chi connectivity index (χ0n) is 8.15. The molecule has 6 heteroatoms. The second-order valence-electron chi connectivity index (χ2n) is 2.18. The number of rotatable bonds is 2. The molecule has 79 valence electrons. The first kappa shape index (κ1) is 16.6. The molecule has 1 radical (unpaired) electrons. The number of nitrogens with one attached hydrogen (secondary N) is 2. The Balaban J connectivity index is 0. The SMILES string of the molecule is C[NH-].[NH-]C(=O)c1ccccc1C(=O)O.[Y]. The van der Waals surface area contributed by atoms with Crippen LogP contribution in [-0.4, -0.2) is 24.0 Å². The molecule has 0 unspecified atom stereocenters. The van der Waals surface area contributed by atoms with Crippen molar-refractivity contribution in [3.05, 3.63) is 46.9 Å². The summed E-state index contributed by atoms with van der Waals surface area (Å²) in [5.74, 6) is -2.17. The molecule has 0 saturated heterocycles. The molecule has 5 nitrogen and oxygen atoms in total. The number of amides is 1. The first-order chi connectivity index (χ1) is 6.63. The summed E-state index contributed by atoms with van der Waals surface area (Å²) in [6.45, 7) is 0. The van der Waals surface area contributed by atoms with E-state index in [1.165, 1.54) is 31.3 Å². The van der Waals surface area contributed by atoms with Crippen molar-refractivity contribution in [2.45, 2.75) is 0 Å². The summed E-state index contributed by atoms with van der Waals surface area (Å²) in [5, 5.41) is 8.58. The maximum Gasteiger partial charge on any atom is 0.336 e. The van der Waals surface area contributed by atoms with Crippen LogP contribution in [0.2, 0.25) is 0 Å². The summed E-state index contributed by atoms with van der Waals surface area (Å²) in [5.41, 5.74) is 12.3. The van der Waals surface area contributed by atoms with Gasteiger partial charge in [0.15, 0.2) is 0 Å². The smallest absolute Gasteiger partial charge is 0.336 e. The van der Waals surface area contributed by atoms with Gasteiger partial charge in [0.25, 0.3) is 0 Å². The van der Waals surface area contributed by atoms with E-state index < -0.39 is 11.9 Å². The standard InChI is InChI=1S/C8H7NO3.CH4N.Y/c9-7(10)5-3-1-2-4-6(5)8(11)12;1-2;/h1-4H,(H3,9,10,11,12);2H,1H3;/q;-1;/p-1. The number of carbonyl (C=O) groups is 2. The third-order valence-corrected chi connectivity index (χ3v) is 1.40. The Morgan fingerprint density at radius 2 is 1.53 bits per heavy atom. The number of carbonyl (C=O) groups excluding carboxylic acids is 1. The molecule has 1 amide bonds. The van der Waals surface area contributed by atoms with E-state index in [1.54, 1.807) is 0 Å². The molecule has 0 bridgehead atoms. The van der Waals surface area contributed by atoms with Crippen LogP contribution < -0.4 is 0 Å². The van der Waals surface area contributed by atoms with Crippen molar-refractivity contribution in [3.8, 4) is 0 Å².